The van der Waals surface area contributed by atoms with Crippen molar-refractivity contribution in [1.82, 2.24) is 5.32 Å². The van der Waals surface area contributed by atoms with E-state index >= 15 is 0 Å². The lowest BCUT2D eigenvalue weighted by Crippen LogP contribution is -2.51. The minimum absolute atomic E-state index is 0.151. The van der Waals surface area contributed by atoms with Gasteiger partial charge in [-0.05, 0) is 6.92 Å². The van der Waals surface area contributed by atoms with Crippen molar-refractivity contribution in [2.24, 2.45) is 0 Å². The van der Waals surface area contributed by atoms with E-state index in [0.29, 0.717) is 19.5 Å². The molecule has 0 aromatic rings. The van der Waals surface area contributed by atoms with E-state index in [0.717, 1.165) is 0 Å². The molecule has 0 aromatic carbocycles. The lowest BCUT2D eigenvalue weighted by Gasteiger charge is -2.26. The Morgan fingerprint density at radius 1 is 1.64 bits per heavy atom. The van der Waals surface area contributed by atoms with Crippen LogP contribution in [0.5, 0.6) is 0 Å². The number of aldehydes is 1. The van der Waals surface area contributed by atoms with Crippen molar-refractivity contribution in [1.29, 1.82) is 0 Å². The van der Waals surface area contributed by atoms with Crippen LogP contribution in [0.15, 0.2) is 0 Å². The first-order valence-electron chi connectivity index (χ1n) is 3.57. The zero-order chi connectivity index (χ0) is 8.27. The summed E-state index contributed by atoms with van der Waals surface area (Å²) >= 11 is 0. The first-order valence-corrected chi connectivity index (χ1v) is 3.57. The summed E-state index contributed by atoms with van der Waals surface area (Å²) in [4.78, 5) is 20.9. The summed E-state index contributed by atoms with van der Waals surface area (Å²) in [6, 6.07) is -0.283. The molecule has 2 atom stereocenters. The Bertz CT molecular complexity index is 169. The van der Waals surface area contributed by atoms with Gasteiger partial charge < -0.3 is 10.1 Å². The molecular weight excluding hydrogens is 146 g/mol. The van der Waals surface area contributed by atoms with E-state index in [4.69, 9.17) is 4.74 Å². The highest BCUT2D eigenvalue weighted by molar-refractivity contribution is 6.27. The molecule has 0 bridgehead atoms. The topological polar surface area (TPSA) is 55.4 Å². The summed E-state index contributed by atoms with van der Waals surface area (Å²) in [5.41, 5.74) is 0. The molecule has 0 aromatic heterocycles. The Labute approximate surface area is 64.9 Å². The fourth-order valence-electron chi connectivity index (χ4n) is 1.05. The van der Waals surface area contributed by atoms with Gasteiger partial charge in [-0.1, -0.05) is 0 Å². The van der Waals surface area contributed by atoms with Crippen molar-refractivity contribution >= 4 is 12.1 Å². The number of hydrogen-bond acceptors (Lipinski definition) is 4. The highest BCUT2D eigenvalue weighted by atomic mass is 16.5. The molecule has 1 aliphatic heterocycles. The molecule has 1 saturated heterocycles. The average molecular weight is 157 g/mol. The standard InChI is InChI=1S/C7H11NO3/c1-5-3-11-4-6(8-5)7(10)2-9/h2,5-6,8H,3-4H2,1H3. The molecule has 0 radical (unpaired) electrons. The largest absolute Gasteiger partial charge is 0.378 e. The monoisotopic (exact) mass is 157 g/mol. The van der Waals surface area contributed by atoms with E-state index in [1.807, 2.05) is 6.92 Å². The van der Waals surface area contributed by atoms with E-state index in [2.05, 4.69) is 5.32 Å². The van der Waals surface area contributed by atoms with Crippen LogP contribution in [0, 0.1) is 0 Å². The Kier molecular flexibility index (Phi) is 2.73. The van der Waals surface area contributed by atoms with Gasteiger partial charge in [0, 0.05) is 6.04 Å². The van der Waals surface area contributed by atoms with Crippen molar-refractivity contribution in [3.8, 4) is 0 Å². The fourth-order valence-corrected chi connectivity index (χ4v) is 1.05. The molecule has 1 N–H and O–H groups in total. The van der Waals surface area contributed by atoms with Gasteiger partial charge in [0.25, 0.3) is 0 Å². The van der Waals surface area contributed by atoms with Crippen LogP contribution in [0.25, 0.3) is 0 Å². The van der Waals surface area contributed by atoms with E-state index in [1.165, 1.54) is 0 Å². The molecule has 4 heteroatoms. The maximum atomic E-state index is 10.8. The third-order valence-electron chi connectivity index (χ3n) is 1.60. The highest BCUT2D eigenvalue weighted by Crippen LogP contribution is 1.98. The lowest BCUT2D eigenvalue weighted by molar-refractivity contribution is -0.133. The zero-order valence-corrected chi connectivity index (χ0v) is 6.37. The summed E-state index contributed by atoms with van der Waals surface area (Å²) in [5, 5.41) is 2.96. The van der Waals surface area contributed by atoms with E-state index in [1.54, 1.807) is 0 Å². The number of carbonyl (C=O) groups excluding carboxylic acids is 2. The van der Waals surface area contributed by atoms with Gasteiger partial charge in [-0.3, -0.25) is 9.59 Å². The predicted octanol–water partition coefficient (Wildman–Crippen LogP) is -0.869. The van der Waals surface area contributed by atoms with Crippen LogP contribution < -0.4 is 5.32 Å². The smallest absolute Gasteiger partial charge is 0.214 e. The first kappa shape index (κ1) is 8.36. The van der Waals surface area contributed by atoms with Crippen LogP contribution in [0.3, 0.4) is 0 Å². The molecule has 62 valence electrons. The summed E-state index contributed by atoms with van der Waals surface area (Å²) in [6.45, 7) is 2.81. The van der Waals surface area contributed by atoms with Gasteiger partial charge in [-0.15, -0.1) is 0 Å². The highest BCUT2D eigenvalue weighted by Gasteiger charge is 2.23. The molecule has 11 heavy (non-hydrogen) atoms. The average Bonchev–Trinajstić information content (AvgIpc) is 2.03. The Balaban J connectivity index is 2.45. The van der Waals surface area contributed by atoms with Crippen molar-refractivity contribution in [2.45, 2.75) is 19.0 Å². The van der Waals surface area contributed by atoms with Gasteiger partial charge in [-0.2, -0.15) is 0 Å². The molecular formula is C7H11NO3. The van der Waals surface area contributed by atoms with Gasteiger partial charge in [0.05, 0.1) is 19.3 Å². The summed E-state index contributed by atoms with van der Waals surface area (Å²) in [7, 11) is 0. The number of hydrogen-bond donors (Lipinski definition) is 1. The lowest BCUT2D eigenvalue weighted by atomic mass is 10.1. The fraction of sp³-hybridized carbons (Fsp3) is 0.714. The minimum atomic E-state index is -0.434. The Hall–Kier alpha value is -0.740. The van der Waals surface area contributed by atoms with Gasteiger partial charge in [-0.25, -0.2) is 0 Å². The molecule has 1 rings (SSSR count). The number of ketones is 1. The number of rotatable bonds is 2. The molecule has 1 fully saturated rings. The van der Waals surface area contributed by atoms with Crippen LogP contribution in [-0.4, -0.2) is 37.4 Å². The first-order chi connectivity index (χ1) is 5.24. The number of ether oxygens (including phenoxy) is 1. The van der Waals surface area contributed by atoms with Crippen LogP contribution in [-0.2, 0) is 14.3 Å². The van der Waals surface area contributed by atoms with Crippen LogP contribution in [0.2, 0.25) is 0 Å². The number of Topliss-reactive ketones (excluding diaryl/α,β-unsaturated/α-hetero) is 1. The van der Waals surface area contributed by atoms with Crippen LogP contribution >= 0.6 is 0 Å². The molecule has 2 unspecified atom stereocenters. The van der Waals surface area contributed by atoms with Crippen molar-refractivity contribution in [3.05, 3.63) is 0 Å². The maximum Gasteiger partial charge on any atom is 0.214 e. The SMILES string of the molecule is CC1COCC(C(=O)C=O)N1. The van der Waals surface area contributed by atoms with E-state index in [-0.39, 0.29) is 6.04 Å². The Morgan fingerprint density at radius 2 is 2.36 bits per heavy atom. The predicted molar refractivity (Wildman–Crippen MR) is 38.3 cm³/mol. The maximum absolute atomic E-state index is 10.8. The van der Waals surface area contributed by atoms with Crippen molar-refractivity contribution in [2.75, 3.05) is 13.2 Å². The second-order valence-corrected chi connectivity index (χ2v) is 2.68. The van der Waals surface area contributed by atoms with E-state index in [9.17, 15) is 9.59 Å². The summed E-state index contributed by atoms with van der Waals surface area (Å²) < 4.78 is 5.08. The second kappa shape index (κ2) is 3.59. The van der Waals surface area contributed by atoms with Gasteiger partial charge >= 0.3 is 0 Å². The van der Waals surface area contributed by atoms with Crippen LogP contribution in [0.1, 0.15) is 6.92 Å². The minimum Gasteiger partial charge on any atom is -0.378 e. The Morgan fingerprint density at radius 3 is 2.91 bits per heavy atom. The van der Waals surface area contributed by atoms with Gasteiger partial charge in [0.2, 0.25) is 5.78 Å². The summed E-state index contributed by atoms with van der Waals surface area (Å²) in [6.07, 6.45) is 0.332. The van der Waals surface area contributed by atoms with Gasteiger partial charge in [0.1, 0.15) is 0 Å². The van der Waals surface area contributed by atoms with Crippen molar-refractivity contribution < 1.29 is 14.3 Å². The molecule has 0 saturated carbocycles. The third kappa shape index (κ3) is 2.10. The number of morpholine rings is 1. The quantitative estimate of drug-likeness (QED) is 0.418. The van der Waals surface area contributed by atoms with Crippen LogP contribution in [0.4, 0.5) is 0 Å². The van der Waals surface area contributed by atoms with Crippen molar-refractivity contribution in [3.63, 3.8) is 0 Å². The number of nitrogens with one attached hydrogen (secondary N) is 1. The molecule has 0 spiro atoms. The molecule has 1 heterocycles. The zero-order valence-electron chi connectivity index (χ0n) is 6.37. The third-order valence-corrected chi connectivity index (χ3v) is 1.60. The second-order valence-electron chi connectivity index (χ2n) is 2.68. The molecule has 4 nitrogen and oxygen atoms in total. The molecule has 0 aliphatic carbocycles. The summed E-state index contributed by atoms with van der Waals surface area (Å²) in [5.74, 6) is -0.434. The number of carbonyl (C=O) groups is 2. The van der Waals surface area contributed by atoms with E-state index < -0.39 is 11.8 Å². The molecule has 0 amide bonds. The normalized spacial score (nSPS) is 31.4. The van der Waals surface area contributed by atoms with Gasteiger partial charge in [0.15, 0.2) is 6.29 Å². The molecule has 1 aliphatic rings.